The lowest BCUT2D eigenvalue weighted by Gasteiger charge is -2.34. The van der Waals surface area contributed by atoms with E-state index in [1.807, 2.05) is 12.1 Å². The summed E-state index contributed by atoms with van der Waals surface area (Å²) in [6.45, 7) is 6.59. The van der Waals surface area contributed by atoms with E-state index in [4.69, 9.17) is 14.9 Å². The molecular weight excluding hydrogens is 405 g/mol. The molecule has 0 aliphatic carbocycles. The highest BCUT2D eigenvalue weighted by molar-refractivity contribution is 5.85. The van der Waals surface area contributed by atoms with Crippen molar-refractivity contribution in [2.24, 2.45) is 0 Å². The Morgan fingerprint density at radius 3 is 2.57 bits per heavy atom. The van der Waals surface area contributed by atoms with Gasteiger partial charge >= 0.3 is 0 Å². The van der Waals surface area contributed by atoms with Crippen molar-refractivity contribution in [3.63, 3.8) is 0 Å². The number of nitrogen functional groups attached to an aromatic ring is 1. The summed E-state index contributed by atoms with van der Waals surface area (Å²) in [5.41, 5.74) is 7.66. The van der Waals surface area contributed by atoms with Crippen LogP contribution in [0.25, 0.3) is 17.2 Å². The molecule has 1 saturated heterocycles. The third kappa shape index (κ3) is 4.92. The van der Waals surface area contributed by atoms with Crippen LogP contribution in [-0.4, -0.2) is 75.8 Å². The van der Waals surface area contributed by atoms with Crippen molar-refractivity contribution in [2.75, 3.05) is 52.2 Å². The maximum Gasteiger partial charge on any atom is 0.223 e. The number of nitrogens with zero attached hydrogens (tertiary/aromatic N) is 6. The number of rotatable bonds is 6. The molecule has 1 aliphatic rings. The Bertz CT molecular complexity index is 864. The fourth-order valence-electron chi connectivity index (χ4n) is 3.17. The lowest BCUT2D eigenvalue weighted by atomic mass is 10.3. The highest BCUT2D eigenvalue weighted by Gasteiger charge is 2.18. The molecule has 1 fully saturated rings. The number of hydrogen-bond acceptors (Lipinski definition) is 8. The Hall–Kier alpha value is -1.91. The first-order chi connectivity index (χ1) is 12.7. The smallest absolute Gasteiger partial charge is 0.223 e. The average molecular weight is 430 g/mol. The van der Waals surface area contributed by atoms with E-state index in [1.54, 1.807) is 24.0 Å². The Morgan fingerprint density at radius 2 is 1.89 bits per heavy atom. The van der Waals surface area contributed by atoms with Gasteiger partial charge in [-0.15, -0.1) is 29.9 Å². The molecule has 0 aromatic carbocycles. The monoisotopic (exact) mass is 429 g/mol. The van der Waals surface area contributed by atoms with Crippen LogP contribution in [0.1, 0.15) is 5.69 Å². The molecule has 0 atom stereocenters. The van der Waals surface area contributed by atoms with Crippen molar-refractivity contribution >= 4 is 36.4 Å². The van der Waals surface area contributed by atoms with Gasteiger partial charge in [0, 0.05) is 52.4 Å². The largest absolute Gasteiger partial charge is 0.461 e. The third-order valence-electron chi connectivity index (χ3n) is 4.61. The fourth-order valence-corrected chi connectivity index (χ4v) is 3.17. The van der Waals surface area contributed by atoms with Gasteiger partial charge in [0.15, 0.2) is 11.4 Å². The van der Waals surface area contributed by atoms with Crippen LogP contribution in [0.2, 0.25) is 0 Å². The molecule has 1 aliphatic heterocycles. The number of piperazine rings is 1. The van der Waals surface area contributed by atoms with Crippen LogP contribution in [0.5, 0.6) is 0 Å². The Morgan fingerprint density at radius 1 is 1.14 bits per heavy atom. The van der Waals surface area contributed by atoms with Crippen molar-refractivity contribution in [3.05, 3.63) is 30.2 Å². The molecule has 0 amide bonds. The van der Waals surface area contributed by atoms with Crippen LogP contribution in [-0.2, 0) is 11.3 Å². The van der Waals surface area contributed by atoms with Gasteiger partial charge in [-0.2, -0.15) is 4.52 Å². The van der Waals surface area contributed by atoms with E-state index < -0.39 is 0 Å². The lowest BCUT2D eigenvalue weighted by molar-refractivity contribution is 0.0932. The minimum absolute atomic E-state index is 0. The molecular formula is C17H25Cl2N7O2. The first-order valence-corrected chi connectivity index (χ1v) is 8.72. The van der Waals surface area contributed by atoms with Gasteiger partial charge in [0.05, 0.1) is 18.6 Å². The number of nitrogens with two attached hydrogens (primary N) is 1. The second-order valence-corrected chi connectivity index (χ2v) is 6.40. The third-order valence-corrected chi connectivity index (χ3v) is 4.61. The highest BCUT2D eigenvalue weighted by Crippen LogP contribution is 2.18. The predicted octanol–water partition coefficient (Wildman–Crippen LogP) is 1.57. The molecule has 154 valence electrons. The van der Waals surface area contributed by atoms with E-state index in [-0.39, 0.29) is 24.8 Å². The standard InChI is InChI=1S/C17H23N7O2.2ClH/c1-25-10-8-22-4-6-23(7-5-22)12-13-11-15-20-16(14-3-2-9-26-14)21-24(15)17(18)19-13;;/h2-3,9,11H,4-8,10,12H2,1H3,(H2,18,19);2*1H. The van der Waals surface area contributed by atoms with E-state index in [1.165, 1.54) is 0 Å². The highest BCUT2D eigenvalue weighted by atomic mass is 35.5. The quantitative estimate of drug-likeness (QED) is 0.630. The summed E-state index contributed by atoms with van der Waals surface area (Å²) in [6, 6.07) is 5.57. The van der Waals surface area contributed by atoms with E-state index in [0.717, 1.165) is 51.6 Å². The Kier molecular flexibility index (Phi) is 8.02. The molecule has 3 aromatic rings. The van der Waals surface area contributed by atoms with Gasteiger partial charge in [-0.25, -0.2) is 9.97 Å². The number of anilines is 1. The maximum absolute atomic E-state index is 6.08. The van der Waals surface area contributed by atoms with E-state index in [2.05, 4.69) is 24.9 Å². The zero-order chi connectivity index (χ0) is 17.9. The summed E-state index contributed by atoms with van der Waals surface area (Å²) in [5, 5.41) is 4.37. The maximum atomic E-state index is 6.08. The number of halogens is 2. The first kappa shape index (κ1) is 22.4. The second-order valence-electron chi connectivity index (χ2n) is 6.40. The van der Waals surface area contributed by atoms with Crippen molar-refractivity contribution in [1.82, 2.24) is 29.4 Å². The molecule has 4 heterocycles. The predicted molar refractivity (Wildman–Crippen MR) is 111 cm³/mol. The van der Waals surface area contributed by atoms with Crippen LogP contribution < -0.4 is 5.73 Å². The summed E-state index contributed by atoms with van der Waals surface area (Å²) in [5.74, 6) is 1.45. The lowest BCUT2D eigenvalue weighted by Crippen LogP contribution is -2.46. The van der Waals surface area contributed by atoms with Gasteiger partial charge < -0.3 is 14.9 Å². The molecule has 0 radical (unpaired) electrons. The summed E-state index contributed by atoms with van der Waals surface area (Å²) >= 11 is 0. The normalized spacial score (nSPS) is 15.3. The molecule has 11 heteroatoms. The molecule has 0 bridgehead atoms. The zero-order valence-electron chi connectivity index (χ0n) is 15.7. The molecule has 2 N–H and O–H groups in total. The van der Waals surface area contributed by atoms with Crippen LogP contribution in [0.3, 0.4) is 0 Å². The van der Waals surface area contributed by atoms with Gasteiger partial charge in [0.1, 0.15) is 0 Å². The summed E-state index contributed by atoms with van der Waals surface area (Å²) in [7, 11) is 1.74. The molecule has 0 unspecified atom stereocenters. The van der Waals surface area contributed by atoms with Crippen molar-refractivity contribution < 1.29 is 9.15 Å². The molecule has 0 saturated carbocycles. The van der Waals surface area contributed by atoms with E-state index >= 15 is 0 Å². The van der Waals surface area contributed by atoms with Crippen LogP contribution in [0.4, 0.5) is 5.95 Å². The first-order valence-electron chi connectivity index (χ1n) is 8.72. The van der Waals surface area contributed by atoms with E-state index in [0.29, 0.717) is 23.2 Å². The SMILES string of the molecule is COCCN1CCN(Cc2cc3nc(-c4ccco4)nn3c(N)n2)CC1.Cl.Cl. The number of furan rings is 1. The van der Waals surface area contributed by atoms with Crippen molar-refractivity contribution in [2.45, 2.75) is 6.54 Å². The summed E-state index contributed by atoms with van der Waals surface area (Å²) in [6.07, 6.45) is 1.60. The number of ether oxygens (including phenoxy) is 1. The second kappa shape index (κ2) is 10.0. The Balaban J connectivity index is 0.00000140. The van der Waals surface area contributed by atoms with Crippen molar-refractivity contribution in [3.8, 4) is 11.6 Å². The van der Waals surface area contributed by atoms with Gasteiger partial charge in [0.2, 0.25) is 11.8 Å². The van der Waals surface area contributed by atoms with Gasteiger partial charge in [0.25, 0.3) is 0 Å². The van der Waals surface area contributed by atoms with Crippen LogP contribution >= 0.6 is 24.8 Å². The van der Waals surface area contributed by atoms with Gasteiger partial charge in [-0.05, 0) is 12.1 Å². The number of aromatic nitrogens is 4. The van der Waals surface area contributed by atoms with E-state index in [9.17, 15) is 0 Å². The van der Waals surface area contributed by atoms with Crippen molar-refractivity contribution in [1.29, 1.82) is 0 Å². The summed E-state index contributed by atoms with van der Waals surface area (Å²) < 4.78 is 12.1. The topological polar surface area (TPSA) is 98.0 Å². The van der Waals surface area contributed by atoms with Crippen LogP contribution in [0, 0.1) is 0 Å². The van der Waals surface area contributed by atoms with Crippen LogP contribution in [0.15, 0.2) is 28.9 Å². The minimum atomic E-state index is 0. The summed E-state index contributed by atoms with van der Waals surface area (Å²) in [4.78, 5) is 13.8. The molecule has 0 spiro atoms. The molecule has 28 heavy (non-hydrogen) atoms. The zero-order valence-corrected chi connectivity index (χ0v) is 17.3. The molecule has 9 nitrogen and oxygen atoms in total. The van der Waals surface area contributed by atoms with Gasteiger partial charge in [-0.3, -0.25) is 9.80 Å². The Labute approximate surface area is 175 Å². The fraction of sp³-hybridized carbons (Fsp3) is 0.471. The average Bonchev–Trinajstić information content (AvgIpc) is 3.30. The molecule has 3 aromatic heterocycles. The minimum Gasteiger partial charge on any atom is -0.461 e. The number of hydrogen-bond donors (Lipinski definition) is 1. The number of fused-ring (bicyclic) bond motifs is 1. The van der Waals surface area contributed by atoms with Gasteiger partial charge in [-0.1, -0.05) is 0 Å². The number of methoxy groups -OCH3 is 1. The molecule has 4 rings (SSSR count).